The van der Waals surface area contributed by atoms with Crippen molar-refractivity contribution in [3.8, 4) is 0 Å². The highest BCUT2D eigenvalue weighted by atomic mass is 35.5. The van der Waals surface area contributed by atoms with Crippen LogP contribution in [0.1, 0.15) is 31.2 Å². The summed E-state index contributed by atoms with van der Waals surface area (Å²) in [5.41, 5.74) is 17.1. The average molecular weight is 478 g/mol. The van der Waals surface area contributed by atoms with Gasteiger partial charge < -0.3 is 22.5 Å². The Morgan fingerprint density at radius 3 is 2.64 bits per heavy atom. The summed E-state index contributed by atoms with van der Waals surface area (Å²) in [7, 11) is 0. The molecule has 2 aliphatic rings. The third kappa shape index (κ3) is 6.01. The van der Waals surface area contributed by atoms with Gasteiger partial charge in [-0.1, -0.05) is 30.3 Å². The number of carbonyl (C=O) groups excluding carboxylic acids is 3. The van der Waals surface area contributed by atoms with Gasteiger partial charge in [0.05, 0.1) is 11.9 Å². The zero-order valence-electron chi connectivity index (χ0n) is 18.6. The molecule has 180 valence electrons. The predicted molar refractivity (Wildman–Crippen MR) is 126 cm³/mol. The Morgan fingerprint density at radius 1 is 1.24 bits per heavy atom. The first-order chi connectivity index (χ1) is 15.7. The number of hydrogen-bond acceptors (Lipinski definition) is 6. The van der Waals surface area contributed by atoms with Gasteiger partial charge in [-0.25, -0.2) is 5.01 Å². The monoisotopic (exact) mass is 477 g/mol. The molecular weight excluding hydrogens is 446 g/mol. The Hall–Kier alpha value is -2.69. The summed E-state index contributed by atoms with van der Waals surface area (Å²) in [5.74, 6) is -1.22. The van der Waals surface area contributed by atoms with E-state index in [-0.39, 0.29) is 29.4 Å². The molecule has 3 rings (SSSR count). The normalized spacial score (nSPS) is 23.6. The van der Waals surface area contributed by atoms with Crippen LogP contribution >= 0.6 is 11.6 Å². The average Bonchev–Trinajstić information content (AvgIpc) is 3.23. The minimum absolute atomic E-state index is 0.0327. The van der Waals surface area contributed by atoms with Crippen molar-refractivity contribution in [2.45, 2.75) is 49.7 Å². The molecule has 3 atom stereocenters. The molecule has 0 bridgehead atoms. The Labute approximate surface area is 198 Å². The van der Waals surface area contributed by atoms with E-state index in [2.05, 4.69) is 10.3 Å². The summed E-state index contributed by atoms with van der Waals surface area (Å²) < 4.78 is 0. The van der Waals surface area contributed by atoms with Crippen molar-refractivity contribution in [1.82, 2.24) is 15.3 Å². The summed E-state index contributed by atoms with van der Waals surface area (Å²) >= 11 is 5.74. The topological polar surface area (TPSA) is 160 Å². The number of hydrogen-bond donors (Lipinski definition) is 4. The molecule has 10 nitrogen and oxygen atoms in total. The molecule has 0 aliphatic carbocycles. The zero-order valence-corrected chi connectivity index (χ0v) is 19.3. The number of guanidine groups is 1. The molecule has 1 aromatic rings. The molecule has 2 unspecified atom stereocenters. The first-order valence-electron chi connectivity index (χ1n) is 11.1. The lowest BCUT2D eigenvalue weighted by molar-refractivity contribution is -0.165. The van der Waals surface area contributed by atoms with Crippen molar-refractivity contribution in [3.05, 3.63) is 35.9 Å². The van der Waals surface area contributed by atoms with Crippen LogP contribution in [-0.2, 0) is 20.8 Å². The maximum absolute atomic E-state index is 13.5. The molecule has 7 N–H and O–H groups in total. The van der Waals surface area contributed by atoms with Crippen LogP contribution in [-0.4, -0.2) is 76.7 Å². The number of fused-ring (bicyclic) bond motifs is 1. The Kier molecular flexibility index (Phi) is 8.28. The third-order valence-corrected chi connectivity index (χ3v) is 6.42. The molecule has 2 heterocycles. The van der Waals surface area contributed by atoms with Crippen LogP contribution < -0.4 is 22.5 Å². The zero-order chi connectivity index (χ0) is 24.0. The van der Waals surface area contributed by atoms with Gasteiger partial charge >= 0.3 is 0 Å². The lowest BCUT2D eigenvalue weighted by Gasteiger charge is -2.44. The van der Waals surface area contributed by atoms with Gasteiger partial charge in [-0.2, -0.15) is 0 Å². The molecule has 0 aromatic heterocycles. The molecule has 0 radical (unpaired) electrons. The van der Waals surface area contributed by atoms with Crippen LogP contribution in [0.25, 0.3) is 0 Å². The first-order valence-corrected chi connectivity index (χ1v) is 11.6. The molecule has 2 fully saturated rings. The van der Waals surface area contributed by atoms with Crippen LogP contribution in [0.3, 0.4) is 0 Å². The highest BCUT2D eigenvalue weighted by Gasteiger charge is 2.51. The number of nitrogens with zero attached hydrogens (tertiary/aromatic N) is 3. The van der Waals surface area contributed by atoms with Gasteiger partial charge in [0.1, 0.15) is 11.6 Å². The summed E-state index contributed by atoms with van der Waals surface area (Å²) in [6.45, 7) is 1.49. The van der Waals surface area contributed by atoms with Crippen molar-refractivity contribution in [2.75, 3.05) is 25.5 Å². The fourth-order valence-corrected chi connectivity index (χ4v) is 4.58. The van der Waals surface area contributed by atoms with Crippen LogP contribution in [0.5, 0.6) is 0 Å². The summed E-state index contributed by atoms with van der Waals surface area (Å²) in [6, 6.07) is 8.11. The second-order valence-electron chi connectivity index (χ2n) is 8.59. The number of hydrazine groups is 1. The highest BCUT2D eigenvalue weighted by molar-refractivity contribution is 6.28. The number of carbonyl (C=O) groups is 3. The number of Topliss-reactive ketones (excluding diaryl/α,β-unsaturated/α-hetero) is 1. The quantitative estimate of drug-likeness (QED) is 0.153. The smallest absolute Gasteiger partial charge is 0.258 e. The maximum Gasteiger partial charge on any atom is 0.258 e. The largest absolute Gasteiger partial charge is 0.370 e. The summed E-state index contributed by atoms with van der Waals surface area (Å²) in [4.78, 5) is 42.8. The van der Waals surface area contributed by atoms with Gasteiger partial charge in [0.15, 0.2) is 11.7 Å². The molecule has 11 heteroatoms. The number of rotatable bonds is 10. The van der Waals surface area contributed by atoms with Crippen LogP contribution in [0.2, 0.25) is 0 Å². The van der Waals surface area contributed by atoms with Crippen LogP contribution in [0.15, 0.2) is 35.3 Å². The van der Waals surface area contributed by atoms with Crippen molar-refractivity contribution >= 4 is 35.2 Å². The van der Waals surface area contributed by atoms with Crippen molar-refractivity contribution < 1.29 is 14.4 Å². The number of benzene rings is 1. The number of halogens is 1. The minimum Gasteiger partial charge on any atom is -0.370 e. The van der Waals surface area contributed by atoms with E-state index in [0.29, 0.717) is 51.7 Å². The molecule has 0 saturated carbocycles. The van der Waals surface area contributed by atoms with E-state index in [4.69, 9.17) is 28.8 Å². The number of amides is 2. The van der Waals surface area contributed by atoms with Crippen molar-refractivity contribution in [1.29, 1.82) is 0 Å². The fraction of sp³-hybridized carbons (Fsp3) is 0.545. The van der Waals surface area contributed by atoms with E-state index in [9.17, 15) is 14.4 Å². The molecule has 2 aliphatic heterocycles. The van der Waals surface area contributed by atoms with Gasteiger partial charge in [-0.05, 0) is 37.7 Å². The SMILES string of the molecule is NC(N)=NCCCC(NC(=O)[C@@H]1CCN2CCC(N)(Cc3ccccc3)C(=O)N12)C(=O)CCl. The Balaban J connectivity index is 1.69. The number of alkyl halides is 1. The Morgan fingerprint density at radius 2 is 1.97 bits per heavy atom. The second-order valence-corrected chi connectivity index (χ2v) is 8.85. The molecule has 33 heavy (non-hydrogen) atoms. The highest BCUT2D eigenvalue weighted by Crippen LogP contribution is 2.31. The van der Waals surface area contributed by atoms with E-state index in [0.717, 1.165) is 5.56 Å². The molecule has 2 saturated heterocycles. The first kappa shape index (κ1) is 24.9. The lowest BCUT2D eigenvalue weighted by atomic mass is 9.85. The van der Waals surface area contributed by atoms with Crippen molar-refractivity contribution in [2.24, 2.45) is 22.2 Å². The fourth-order valence-electron chi connectivity index (χ4n) is 4.40. The second kappa shape index (κ2) is 11.0. The van der Waals surface area contributed by atoms with E-state index >= 15 is 0 Å². The van der Waals surface area contributed by atoms with E-state index in [1.807, 2.05) is 35.3 Å². The van der Waals surface area contributed by atoms with E-state index in [1.54, 1.807) is 0 Å². The van der Waals surface area contributed by atoms with Gasteiger partial charge in [0, 0.05) is 19.6 Å². The van der Waals surface area contributed by atoms with Gasteiger partial charge in [0.2, 0.25) is 5.91 Å². The number of aliphatic imine (C=N–C) groups is 1. The van der Waals surface area contributed by atoms with E-state index < -0.39 is 17.6 Å². The molecular formula is C22H32ClN7O3. The van der Waals surface area contributed by atoms with E-state index in [1.165, 1.54) is 5.01 Å². The van der Waals surface area contributed by atoms with Gasteiger partial charge in [-0.15, -0.1) is 11.6 Å². The third-order valence-electron chi connectivity index (χ3n) is 6.16. The lowest BCUT2D eigenvalue weighted by Crippen LogP contribution is -2.67. The van der Waals surface area contributed by atoms with Crippen LogP contribution in [0.4, 0.5) is 0 Å². The summed E-state index contributed by atoms with van der Waals surface area (Å²) in [5, 5.41) is 6.15. The molecule has 0 spiro atoms. The van der Waals surface area contributed by atoms with Gasteiger partial charge in [0.25, 0.3) is 5.91 Å². The van der Waals surface area contributed by atoms with Crippen molar-refractivity contribution in [3.63, 3.8) is 0 Å². The summed E-state index contributed by atoms with van der Waals surface area (Å²) in [6.07, 6.45) is 2.20. The number of ketones is 1. The minimum atomic E-state index is -1.09. The van der Waals surface area contributed by atoms with Crippen LogP contribution in [0, 0.1) is 0 Å². The number of nitrogens with two attached hydrogens (primary N) is 3. The maximum atomic E-state index is 13.5. The van der Waals surface area contributed by atoms with Gasteiger partial charge in [-0.3, -0.25) is 24.4 Å². The molecule has 1 aromatic carbocycles. The number of nitrogens with one attached hydrogen (secondary N) is 1. The standard InChI is InChI=1S/C22H32ClN7O3/c23-14-18(31)16(7-4-10-27-21(24)25)28-19(32)17-8-11-29-12-9-22(26,20(33)30(17)29)13-15-5-2-1-3-6-15/h1-3,5-6,16-17H,4,7-14,26H2,(H,28,32)(H4,24,25,27)/t16?,17-,22?/m0/s1. The molecule has 2 amide bonds. The Bertz CT molecular complexity index is 893. The predicted octanol–water partition coefficient (Wildman–Crippen LogP) is -0.505.